The summed E-state index contributed by atoms with van der Waals surface area (Å²) in [6.45, 7) is 2.85. The number of ketones is 1. The Hall–Kier alpha value is -2.79. The van der Waals surface area contributed by atoms with Crippen LogP contribution >= 0.6 is 11.6 Å². The van der Waals surface area contributed by atoms with Crippen LogP contribution in [0.3, 0.4) is 0 Å². The second-order valence-electron chi connectivity index (χ2n) is 7.15. The molecule has 2 aromatic carbocycles. The van der Waals surface area contributed by atoms with Gasteiger partial charge in [-0.1, -0.05) is 23.7 Å². The minimum Gasteiger partial charge on any atom is -0.508 e. The highest BCUT2D eigenvalue weighted by atomic mass is 35.5. The highest BCUT2D eigenvalue weighted by molar-refractivity contribution is 6.35. The number of amides is 1. The Morgan fingerprint density at radius 3 is 2.43 bits per heavy atom. The molecule has 28 heavy (non-hydrogen) atoms. The van der Waals surface area contributed by atoms with E-state index in [4.69, 9.17) is 16.0 Å². The Balaban J connectivity index is 1.47. The van der Waals surface area contributed by atoms with E-state index in [-0.39, 0.29) is 23.4 Å². The summed E-state index contributed by atoms with van der Waals surface area (Å²) in [6.07, 6.45) is 1.21. The van der Waals surface area contributed by atoms with Crippen molar-refractivity contribution in [3.63, 3.8) is 0 Å². The van der Waals surface area contributed by atoms with E-state index in [2.05, 4.69) is 0 Å². The van der Waals surface area contributed by atoms with Crippen molar-refractivity contribution in [2.45, 2.75) is 19.8 Å². The van der Waals surface area contributed by atoms with Gasteiger partial charge in [-0.25, -0.2) is 0 Å². The summed E-state index contributed by atoms with van der Waals surface area (Å²) >= 11 is 6.18. The molecule has 0 aliphatic carbocycles. The van der Waals surface area contributed by atoms with Crippen LogP contribution in [0.5, 0.6) is 5.75 Å². The fourth-order valence-corrected chi connectivity index (χ4v) is 3.98. The summed E-state index contributed by atoms with van der Waals surface area (Å²) in [5, 5.41) is 10.7. The van der Waals surface area contributed by atoms with E-state index in [1.54, 1.807) is 23.1 Å². The lowest BCUT2D eigenvalue weighted by atomic mass is 9.88. The zero-order valence-corrected chi connectivity index (χ0v) is 16.2. The van der Waals surface area contributed by atoms with Gasteiger partial charge >= 0.3 is 0 Å². The van der Waals surface area contributed by atoms with Crippen LogP contribution in [0.4, 0.5) is 0 Å². The Morgan fingerprint density at radius 2 is 1.79 bits per heavy atom. The maximum atomic E-state index is 13.0. The molecule has 3 aromatic rings. The number of rotatable bonds is 3. The van der Waals surface area contributed by atoms with E-state index in [1.807, 2.05) is 19.1 Å². The molecule has 0 atom stereocenters. The standard InChI is InChI=1S/C22H20ClNO4/c1-13-17-3-2-4-18(23)21(17)28-20(13)22(27)24-11-9-15(10-12-24)19(26)14-5-7-16(25)8-6-14/h2-8,15,25H,9-12H2,1H3. The summed E-state index contributed by atoms with van der Waals surface area (Å²) in [5.41, 5.74) is 1.90. The van der Waals surface area contributed by atoms with E-state index in [1.165, 1.54) is 12.1 Å². The second-order valence-corrected chi connectivity index (χ2v) is 7.56. The number of furan rings is 1. The quantitative estimate of drug-likeness (QED) is 0.642. The molecule has 0 spiro atoms. The number of phenolic OH excluding ortho intramolecular Hbond substituents is 1. The molecule has 2 heterocycles. The number of Topliss-reactive ketones (excluding diaryl/α,β-unsaturated/α-hetero) is 1. The number of fused-ring (bicyclic) bond motifs is 1. The van der Waals surface area contributed by atoms with Crippen molar-refractivity contribution in [1.82, 2.24) is 4.90 Å². The molecule has 0 bridgehead atoms. The summed E-state index contributed by atoms with van der Waals surface area (Å²) in [7, 11) is 0. The molecule has 0 radical (unpaired) electrons. The van der Waals surface area contributed by atoms with Crippen molar-refractivity contribution in [1.29, 1.82) is 0 Å². The number of aromatic hydroxyl groups is 1. The summed E-state index contributed by atoms with van der Waals surface area (Å²) < 4.78 is 5.79. The first-order chi connectivity index (χ1) is 13.5. The van der Waals surface area contributed by atoms with Gasteiger partial charge in [0.15, 0.2) is 17.1 Å². The fraction of sp³-hybridized carbons (Fsp3) is 0.273. The lowest BCUT2D eigenvalue weighted by Crippen LogP contribution is -2.40. The monoisotopic (exact) mass is 397 g/mol. The minimum absolute atomic E-state index is 0.0544. The number of carbonyl (C=O) groups excluding carboxylic acids is 2. The topological polar surface area (TPSA) is 70.8 Å². The summed E-state index contributed by atoms with van der Waals surface area (Å²) in [5.74, 6) is 0.212. The number of benzene rings is 2. The van der Waals surface area contributed by atoms with Gasteiger partial charge in [-0.05, 0) is 50.1 Å². The molecule has 1 aliphatic heterocycles. The lowest BCUT2D eigenvalue weighted by molar-refractivity contribution is 0.0625. The van der Waals surface area contributed by atoms with Crippen LogP contribution in [-0.4, -0.2) is 34.8 Å². The molecule has 0 saturated carbocycles. The van der Waals surface area contributed by atoms with Gasteiger partial charge in [0, 0.05) is 35.5 Å². The van der Waals surface area contributed by atoms with Gasteiger partial charge in [0.2, 0.25) is 0 Å². The highest BCUT2D eigenvalue weighted by Crippen LogP contribution is 2.32. The Morgan fingerprint density at radius 1 is 1.11 bits per heavy atom. The average Bonchev–Trinajstić information content (AvgIpc) is 3.06. The summed E-state index contributed by atoms with van der Waals surface area (Å²) in [4.78, 5) is 27.3. The Bertz CT molecular complexity index is 1050. The smallest absolute Gasteiger partial charge is 0.289 e. The lowest BCUT2D eigenvalue weighted by Gasteiger charge is -2.31. The van der Waals surface area contributed by atoms with Gasteiger partial charge in [0.25, 0.3) is 5.91 Å². The number of para-hydroxylation sites is 1. The normalized spacial score (nSPS) is 15.1. The first-order valence-electron chi connectivity index (χ1n) is 9.26. The van der Waals surface area contributed by atoms with E-state index < -0.39 is 0 Å². The third-order valence-corrected chi connectivity index (χ3v) is 5.71. The molecular weight excluding hydrogens is 378 g/mol. The minimum atomic E-state index is -0.166. The number of piperidine rings is 1. The number of halogens is 1. The van der Waals surface area contributed by atoms with Crippen molar-refractivity contribution in [3.8, 4) is 5.75 Å². The Kier molecular flexibility index (Phi) is 4.85. The third kappa shape index (κ3) is 3.27. The molecule has 1 N–H and O–H groups in total. The predicted molar refractivity (Wildman–Crippen MR) is 107 cm³/mol. The molecule has 4 rings (SSSR count). The van der Waals surface area contributed by atoms with Crippen molar-refractivity contribution in [3.05, 3.63) is 64.4 Å². The van der Waals surface area contributed by atoms with Crippen LogP contribution < -0.4 is 0 Å². The number of hydrogen-bond acceptors (Lipinski definition) is 4. The predicted octanol–water partition coefficient (Wildman–Crippen LogP) is 4.84. The van der Waals surface area contributed by atoms with Gasteiger partial charge in [0.1, 0.15) is 5.75 Å². The van der Waals surface area contributed by atoms with E-state index in [0.29, 0.717) is 47.9 Å². The molecule has 0 unspecified atom stereocenters. The van der Waals surface area contributed by atoms with Crippen molar-refractivity contribution >= 4 is 34.3 Å². The molecule has 1 fully saturated rings. The molecule has 1 amide bonds. The van der Waals surface area contributed by atoms with Crippen LogP contribution in [0.15, 0.2) is 46.9 Å². The first kappa shape index (κ1) is 18.6. The maximum Gasteiger partial charge on any atom is 0.289 e. The zero-order chi connectivity index (χ0) is 19.8. The van der Waals surface area contributed by atoms with Crippen LogP contribution in [0.2, 0.25) is 5.02 Å². The molecule has 6 heteroatoms. The second kappa shape index (κ2) is 7.32. The highest BCUT2D eigenvalue weighted by Gasteiger charge is 2.31. The van der Waals surface area contributed by atoms with Gasteiger partial charge < -0.3 is 14.4 Å². The molecule has 1 aliphatic rings. The molecule has 144 valence electrons. The van der Waals surface area contributed by atoms with Crippen molar-refractivity contribution in [2.24, 2.45) is 5.92 Å². The van der Waals surface area contributed by atoms with Gasteiger partial charge in [-0.2, -0.15) is 0 Å². The van der Waals surface area contributed by atoms with Crippen molar-refractivity contribution in [2.75, 3.05) is 13.1 Å². The number of carbonyl (C=O) groups is 2. The Labute approximate surface area is 167 Å². The van der Waals surface area contributed by atoms with E-state index >= 15 is 0 Å². The van der Waals surface area contributed by atoms with Crippen molar-refractivity contribution < 1.29 is 19.1 Å². The number of hydrogen-bond donors (Lipinski definition) is 1. The number of nitrogens with zero attached hydrogens (tertiary/aromatic N) is 1. The fourth-order valence-electron chi connectivity index (χ4n) is 3.76. The van der Waals surface area contributed by atoms with Gasteiger partial charge in [0.05, 0.1) is 5.02 Å². The number of likely N-dealkylation sites (tertiary alicyclic amines) is 1. The number of phenols is 1. The van der Waals surface area contributed by atoms with E-state index in [0.717, 1.165) is 10.9 Å². The molecule has 1 saturated heterocycles. The van der Waals surface area contributed by atoms with Crippen LogP contribution in [0.25, 0.3) is 11.0 Å². The summed E-state index contributed by atoms with van der Waals surface area (Å²) in [6, 6.07) is 11.8. The maximum absolute atomic E-state index is 13.0. The van der Waals surface area contributed by atoms with Gasteiger partial charge in [-0.15, -0.1) is 0 Å². The van der Waals surface area contributed by atoms with Crippen LogP contribution in [0, 0.1) is 12.8 Å². The molecule has 1 aromatic heterocycles. The largest absolute Gasteiger partial charge is 0.508 e. The SMILES string of the molecule is Cc1c(C(=O)N2CCC(C(=O)c3ccc(O)cc3)CC2)oc2c(Cl)cccc12. The average molecular weight is 398 g/mol. The van der Waals surface area contributed by atoms with Gasteiger partial charge in [-0.3, -0.25) is 9.59 Å². The third-order valence-electron chi connectivity index (χ3n) is 5.41. The first-order valence-corrected chi connectivity index (χ1v) is 9.63. The van der Waals surface area contributed by atoms with E-state index in [9.17, 15) is 14.7 Å². The van der Waals surface area contributed by atoms with Crippen LogP contribution in [0.1, 0.15) is 39.3 Å². The number of aryl methyl sites for hydroxylation is 1. The molecular formula is C22H20ClNO4. The molecule has 5 nitrogen and oxygen atoms in total. The van der Waals surface area contributed by atoms with Crippen LogP contribution in [-0.2, 0) is 0 Å². The zero-order valence-electron chi connectivity index (χ0n) is 15.4.